The van der Waals surface area contributed by atoms with E-state index in [-0.39, 0.29) is 41.5 Å². The van der Waals surface area contributed by atoms with E-state index in [1.165, 1.54) is 27.3 Å². The summed E-state index contributed by atoms with van der Waals surface area (Å²) in [6.45, 7) is 3.56. The van der Waals surface area contributed by atoms with Crippen molar-refractivity contribution in [1.82, 2.24) is 34.4 Å². The molecule has 1 amide bonds. The van der Waals surface area contributed by atoms with E-state index >= 15 is 0 Å². The number of carbonyl (C=O) groups is 2. The molecule has 8 N–H and O–H groups in total. The average Bonchev–Trinajstić information content (AvgIpc) is 3.93. The highest BCUT2D eigenvalue weighted by Crippen LogP contribution is 2.33. The predicted molar refractivity (Wildman–Crippen MR) is 238 cm³/mol. The first-order chi connectivity index (χ1) is 31.9. The summed E-state index contributed by atoms with van der Waals surface area (Å²) in [5.74, 6) is -3.98. The van der Waals surface area contributed by atoms with Crippen LogP contribution in [0.25, 0.3) is 45.4 Å². The smallest absolute Gasteiger partial charge is 0.341 e. The van der Waals surface area contributed by atoms with Crippen LogP contribution in [0.1, 0.15) is 43.6 Å². The maximum atomic E-state index is 13.9. The maximum Gasteiger partial charge on any atom is 0.341 e. The number of nitrogens with zero attached hydrogens (tertiary/aromatic N) is 6. The number of amides is 1. The molecule has 0 saturated heterocycles. The number of rotatable bonds is 9. The van der Waals surface area contributed by atoms with E-state index in [9.17, 15) is 36.7 Å². The molecule has 0 spiro atoms. The molecule has 344 valence electrons. The lowest BCUT2D eigenvalue weighted by molar-refractivity contribution is 0.0686. The third kappa shape index (κ3) is 11.0. The summed E-state index contributed by atoms with van der Waals surface area (Å²) in [6, 6.07) is 19.3. The number of anilines is 2. The molecule has 21 heteroatoms. The number of carboxylic acid groups (broad SMARTS) is 1. The second kappa shape index (κ2) is 20.4. The Kier molecular flexibility index (Phi) is 14.5. The van der Waals surface area contributed by atoms with Gasteiger partial charge in [0, 0.05) is 56.3 Å². The number of carboxylic acids is 1. The maximum absolute atomic E-state index is 13.9. The Labute approximate surface area is 377 Å². The number of carbonyl (C=O) groups excluding carboxylic acids is 1. The number of pyridine rings is 2. The first-order valence-corrected chi connectivity index (χ1v) is 19.8. The number of nitrogen functional groups attached to an aromatic ring is 2. The third-order valence-electron chi connectivity index (χ3n) is 9.64. The first kappa shape index (κ1) is 47.8. The van der Waals surface area contributed by atoms with Crippen molar-refractivity contribution >= 4 is 23.5 Å². The van der Waals surface area contributed by atoms with Crippen LogP contribution in [-0.2, 0) is 27.2 Å². The van der Waals surface area contributed by atoms with Gasteiger partial charge in [-0.3, -0.25) is 14.4 Å². The van der Waals surface area contributed by atoms with Gasteiger partial charge >= 0.3 is 5.97 Å². The third-order valence-corrected chi connectivity index (χ3v) is 9.64. The highest BCUT2D eigenvalue weighted by Gasteiger charge is 2.22. The van der Waals surface area contributed by atoms with Crippen LogP contribution in [0.5, 0.6) is 0 Å². The van der Waals surface area contributed by atoms with Crippen LogP contribution < -0.4 is 33.6 Å². The minimum atomic E-state index is -1.60. The Hall–Kier alpha value is -8.72. The van der Waals surface area contributed by atoms with Crippen molar-refractivity contribution in [3.05, 3.63) is 175 Å². The van der Waals surface area contributed by atoms with Gasteiger partial charge in [-0.15, -0.1) is 0 Å². The number of benzene rings is 2. The SMILES string of the molecule is Cc1ccc(-c2nc(N)c(CN)nc2-c2ccc(=O)n(C)c2)o1.Cc1ccc(-c2nc(N)c(CNC(=O)c3c(F)cccc3F)nc2-c2ccc(=O)n(C)c2)o1.O=C(O)c1c(F)cccc1F. The fourth-order valence-corrected chi connectivity index (χ4v) is 6.25. The van der Waals surface area contributed by atoms with Gasteiger partial charge in [0.1, 0.15) is 86.0 Å². The minimum absolute atomic E-state index is 0.00179. The molecule has 0 bridgehead atoms. The van der Waals surface area contributed by atoms with Crippen molar-refractivity contribution in [3.8, 4) is 45.4 Å². The Balaban J connectivity index is 0.000000188. The van der Waals surface area contributed by atoms with E-state index in [0.29, 0.717) is 51.3 Å². The van der Waals surface area contributed by atoms with Crippen LogP contribution in [0, 0.1) is 37.1 Å². The number of halogens is 4. The molecule has 2 aromatic carbocycles. The van der Waals surface area contributed by atoms with Crippen LogP contribution >= 0.6 is 0 Å². The molecule has 0 aliphatic carbocycles. The van der Waals surface area contributed by atoms with Crippen LogP contribution in [0.2, 0.25) is 0 Å². The molecule has 17 nitrogen and oxygen atoms in total. The molecule has 0 saturated carbocycles. The van der Waals surface area contributed by atoms with E-state index in [2.05, 4.69) is 25.3 Å². The van der Waals surface area contributed by atoms with Crippen molar-refractivity contribution in [1.29, 1.82) is 0 Å². The Morgan fingerprint density at radius 3 is 1.40 bits per heavy atom. The van der Waals surface area contributed by atoms with Gasteiger partial charge < -0.3 is 45.6 Å². The molecule has 8 rings (SSSR count). The van der Waals surface area contributed by atoms with Crippen molar-refractivity contribution < 1.29 is 41.1 Å². The lowest BCUT2D eigenvalue weighted by atomic mass is 10.1. The number of nitrogens with two attached hydrogens (primary N) is 3. The van der Waals surface area contributed by atoms with E-state index in [1.54, 1.807) is 57.7 Å². The number of aromatic nitrogens is 6. The van der Waals surface area contributed by atoms with E-state index in [0.717, 1.165) is 41.7 Å². The molecule has 0 fully saturated rings. The second-order valence-electron chi connectivity index (χ2n) is 14.4. The number of nitrogens with one attached hydrogen (secondary N) is 1. The van der Waals surface area contributed by atoms with E-state index in [1.807, 2.05) is 19.1 Å². The Morgan fingerprint density at radius 2 is 1.03 bits per heavy atom. The summed E-state index contributed by atoms with van der Waals surface area (Å²) in [7, 11) is 3.27. The molecule has 8 aromatic rings. The van der Waals surface area contributed by atoms with Crippen LogP contribution in [0.4, 0.5) is 29.2 Å². The van der Waals surface area contributed by atoms with E-state index < -0.39 is 46.3 Å². The summed E-state index contributed by atoms with van der Waals surface area (Å²) < 4.78 is 67.0. The molecule has 0 atom stereocenters. The highest BCUT2D eigenvalue weighted by molar-refractivity contribution is 5.94. The van der Waals surface area contributed by atoms with Crippen LogP contribution in [0.3, 0.4) is 0 Å². The van der Waals surface area contributed by atoms with Gasteiger partial charge in [0.15, 0.2) is 11.5 Å². The van der Waals surface area contributed by atoms with Gasteiger partial charge in [-0.25, -0.2) is 42.3 Å². The summed E-state index contributed by atoms with van der Waals surface area (Å²) in [5, 5.41) is 10.7. The second-order valence-corrected chi connectivity index (χ2v) is 14.4. The topological polar surface area (TPSA) is 266 Å². The predicted octanol–water partition coefficient (Wildman–Crippen LogP) is 6.32. The monoisotopic (exact) mass is 920 g/mol. The Bertz CT molecular complexity index is 3230. The fourth-order valence-electron chi connectivity index (χ4n) is 6.25. The molecule has 0 radical (unpaired) electrons. The number of aryl methyl sites for hydroxylation is 4. The minimum Gasteiger partial charge on any atom is -0.477 e. The standard InChI is InChI=1S/C23H19F2N5O3.C16H17N5O2.C7H4F2O2/c1-12-6-8-17(33-12)21-20(13-7-9-18(31)30(2)11-13)28-16(22(26)29-21)10-27-23(32)19-14(24)4-3-5-15(19)25;1-9-3-5-12(23-9)15-14(19-11(7-17)16(18)20-15)10-4-6-13(22)21(2)8-10;8-4-2-1-3-5(9)6(4)7(10)11/h3-9,11H,10H2,1-2H3,(H2,26,29)(H,27,32);3-6,8H,7,17H2,1-2H3,(H2,18,20);1-3H,(H,10,11). The molecule has 0 aliphatic rings. The van der Waals surface area contributed by atoms with Crippen LogP contribution in [-0.4, -0.2) is 46.1 Å². The number of aromatic carboxylic acids is 1. The van der Waals surface area contributed by atoms with Gasteiger partial charge in [-0.05, 0) is 74.5 Å². The van der Waals surface area contributed by atoms with Gasteiger partial charge in [-0.1, -0.05) is 12.1 Å². The molecule has 67 heavy (non-hydrogen) atoms. The average molecular weight is 921 g/mol. The van der Waals surface area contributed by atoms with Gasteiger partial charge in [-0.2, -0.15) is 0 Å². The first-order valence-electron chi connectivity index (χ1n) is 19.8. The van der Waals surface area contributed by atoms with Gasteiger partial charge in [0.2, 0.25) is 11.1 Å². The summed E-state index contributed by atoms with van der Waals surface area (Å²) in [5.41, 5.74) is 19.5. The number of hydrogen-bond donors (Lipinski definition) is 5. The lowest BCUT2D eigenvalue weighted by Crippen LogP contribution is -2.26. The zero-order chi connectivity index (χ0) is 48.7. The molecule has 0 unspecified atom stereocenters. The van der Waals surface area contributed by atoms with Crippen LogP contribution in [0.15, 0.2) is 116 Å². The summed E-state index contributed by atoms with van der Waals surface area (Å²) in [6.07, 6.45) is 3.28. The molecule has 6 aromatic heterocycles. The van der Waals surface area contributed by atoms with Crippen molar-refractivity contribution in [3.63, 3.8) is 0 Å². The van der Waals surface area contributed by atoms with Gasteiger partial charge in [0.05, 0.1) is 12.2 Å². The highest BCUT2D eigenvalue weighted by atomic mass is 19.1. The van der Waals surface area contributed by atoms with Crippen molar-refractivity contribution in [2.45, 2.75) is 26.9 Å². The summed E-state index contributed by atoms with van der Waals surface area (Å²) >= 11 is 0. The lowest BCUT2D eigenvalue weighted by Gasteiger charge is -2.13. The quantitative estimate of drug-likeness (QED) is 0.0993. The normalized spacial score (nSPS) is 10.7. The molecular formula is C46H40F4N10O7. The number of hydrogen-bond acceptors (Lipinski definition) is 13. The fraction of sp³-hybridized carbons (Fsp3) is 0.130. The molecular weight excluding hydrogens is 881 g/mol. The zero-order valence-corrected chi connectivity index (χ0v) is 36.0. The summed E-state index contributed by atoms with van der Waals surface area (Å²) in [4.78, 5) is 63.9. The largest absolute Gasteiger partial charge is 0.477 e. The van der Waals surface area contributed by atoms with E-state index in [4.69, 9.17) is 31.1 Å². The van der Waals surface area contributed by atoms with Gasteiger partial charge in [0.25, 0.3) is 5.91 Å². The van der Waals surface area contributed by atoms with Crippen molar-refractivity contribution in [2.24, 2.45) is 19.8 Å². The molecule has 0 aliphatic heterocycles. The zero-order valence-electron chi connectivity index (χ0n) is 36.0. The van der Waals surface area contributed by atoms with Crippen molar-refractivity contribution in [2.75, 3.05) is 11.5 Å². The molecule has 6 heterocycles. The Morgan fingerprint density at radius 1 is 0.612 bits per heavy atom. The number of furan rings is 2.